The van der Waals surface area contributed by atoms with Crippen LogP contribution in [0.4, 0.5) is 0 Å². The molecule has 1 aromatic heterocycles. The molecule has 0 saturated carbocycles. The molecule has 1 N–H and O–H groups in total. The molecule has 13 heavy (non-hydrogen) atoms. The number of hydrogen-bond acceptors (Lipinski definition) is 4. The van der Waals surface area contributed by atoms with Crippen LogP contribution < -0.4 is 0 Å². The van der Waals surface area contributed by atoms with Gasteiger partial charge in [0.1, 0.15) is 5.75 Å². The van der Waals surface area contributed by atoms with Crippen molar-refractivity contribution >= 4 is 45.8 Å². The summed E-state index contributed by atoms with van der Waals surface area (Å²) >= 11 is 7.70. The first-order chi connectivity index (χ1) is 6.20. The van der Waals surface area contributed by atoms with Crippen molar-refractivity contribution in [2.45, 2.75) is 9.10 Å². The van der Waals surface area contributed by atoms with Crippen LogP contribution in [0.3, 0.4) is 0 Å². The van der Waals surface area contributed by atoms with E-state index < -0.39 is 0 Å². The molecule has 0 saturated heterocycles. The SMILES string of the molecule is CSc1cc2c(S)cc(O)cc2s1. The van der Waals surface area contributed by atoms with Gasteiger partial charge in [-0.2, -0.15) is 0 Å². The highest BCUT2D eigenvalue weighted by Crippen LogP contribution is 2.37. The molecule has 0 atom stereocenters. The van der Waals surface area contributed by atoms with Gasteiger partial charge < -0.3 is 5.11 Å². The quantitative estimate of drug-likeness (QED) is 0.574. The predicted octanol–water partition coefficient (Wildman–Crippen LogP) is 3.62. The lowest BCUT2D eigenvalue weighted by Gasteiger charge is -1.95. The van der Waals surface area contributed by atoms with E-state index in [9.17, 15) is 5.11 Å². The fourth-order valence-corrected chi connectivity index (χ4v) is 3.27. The van der Waals surface area contributed by atoms with Crippen LogP contribution in [0.1, 0.15) is 0 Å². The lowest BCUT2D eigenvalue weighted by atomic mass is 10.2. The molecule has 0 fully saturated rings. The Morgan fingerprint density at radius 1 is 1.38 bits per heavy atom. The normalized spacial score (nSPS) is 10.9. The van der Waals surface area contributed by atoms with Gasteiger partial charge in [0, 0.05) is 15.0 Å². The van der Waals surface area contributed by atoms with Crippen molar-refractivity contribution in [3.63, 3.8) is 0 Å². The minimum absolute atomic E-state index is 0.284. The zero-order valence-corrected chi connectivity index (χ0v) is 9.47. The van der Waals surface area contributed by atoms with Crippen molar-refractivity contribution in [1.29, 1.82) is 0 Å². The third kappa shape index (κ3) is 1.66. The Bertz CT molecular complexity index is 447. The maximum absolute atomic E-state index is 9.34. The van der Waals surface area contributed by atoms with Gasteiger partial charge in [-0.15, -0.1) is 35.7 Å². The van der Waals surface area contributed by atoms with E-state index >= 15 is 0 Å². The van der Waals surface area contributed by atoms with Crippen molar-refractivity contribution in [3.8, 4) is 5.75 Å². The summed E-state index contributed by atoms with van der Waals surface area (Å²) in [6.07, 6.45) is 2.04. The molecule has 0 unspecified atom stereocenters. The standard InChI is InChI=1S/C9H8OS3/c1-12-9-4-6-7(11)2-5(10)3-8(6)13-9/h2-4,10-11H,1H3. The molecule has 1 aromatic carbocycles. The van der Waals surface area contributed by atoms with E-state index in [-0.39, 0.29) is 5.75 Å². The second-order valence-corrected chi connectivity index (χ2v) is 5.32. The number of thiol groups is 1. The van der Waals surface area contributed by atoms with E-state index in [4.69, 9.17) is 0 Å². The lowest BCUT2D eigenvalue weighted by molar-refractivity contribution is 0.475. The summed E-state index contributed by atoms with van der Waals surface area (Å²) in [5, 5.41) is 10.5. The van der Waals surface area contributed by atoms with Crippen molar-refractivity contribution in [1.82, 2.24) is 0 Å². The first-order valence-electron chi connectivity index (χ1n) is 3.70. The van der Waals surface area contributed by atoms with E-state index in [1.165, 1.54) is 4.21 Å². The molecule has 2 rings (SSSR count). The maximum atomic E-state index is 9.34. The third-order valence-corrected chi connectivity index (χ3v) is 4.30. The number of phenolic OH excluding ortho intramolecular Hbond substituents is 1. The molecule has 0 aliphatic heterocycles. The predicted molar refractivity (Wildman–Crippen MR) is 62.5 cm³/mol. The minimum Gasteiger partial charge on any atom is -0.508 e. The molecule has 0 spiro atoms. The highest BCUT2D eigenvalue weighted by atomic mass is 32.2. The topological polar surface area (TPSA) is 20.2 Å². The van der Waals surface area contributed by atoms with Crippen LogP contribution in [-0.2, 0) is 0 Å². The smallest absolute Gasteiger partial charge is 0.118 e. The number of thioether (sulfide) groups is 1. The maximum Gasteiger partial charge on any atom is 0.118 e. The molecule has 0 radical (unpaired) electrons. The summed E-state index contributed by atoms with van der Waals surface area (Å²) in [6.45, 7) is 0. The van der Waals surface area contributed by atoms with Crippen LogP contribution in [0.5, 0.6) is 5.75 Å². The molecular formula is C9H8OS3. The second kappa shape index (κ2) is 3.44. The first kappa shape index (κ1) is 9.24. The van der Waals surface area contributed by atoms with Gasteiger partial charge in [0.05, 0.1) is 4.21 Å². The molecule has 0 bridgehead atoms. The molecule has 4 heteroatoms. The number of hydrogen-bond donors (Lipinski definition) is 2. The Labute approximate surface area is 90.2 Å². The van der Waals surface area contributed by atoms with Crippen LogP contribution in [0.25, 0.3) is 10.1 Å². The number of thiophene rings is 1. The Balaban J connectivity index is 2.75. The first-order valence-corrected chi connectivity index (χ1v) is 6.19. The fraction of sp³-hybridized carbons (Fsp3) is 0.111. The van der Waals surface area contributed by atoms with Crippen molar-refractivity contribution in [2.75, 3.05) is 6.26 Å². The molecular weight excluding hydrogens is 220 g/mol. The summed E-state index contributed by atoms with van der Waals surface area (Å²) in [4.78, 5) is 0.839. The second-order valence-electron chi connectivity index (χ2n) is 2.65. The number of fused-ring (bicyclic) bond motifs is 1. The Morgan fingerprint density at radius 2 is 2.15 bits per heavy atom. The van der Waals surface area contributed by atoms with E-state index in [0.29, 0.717) is 0 Å². The minimum atomic E-state index is 0.284. The van der Waals surface area contributed by atoms with Gasteiger partial charge in [-0.05, 0) is 24.5 Å². The highest BCUT2D eigenvalue weighted by Gasteiger charge is 2.05. The summed E-state index contributed by atoms with van der Waals surface area (Å²) < 4.78 is 2.34. The zero-order chi connectivity index (χ0) is 9.42. The molecule has 2 aromatic rings. The van der Waals surface area contributed by atoms with Crippen LogP contribution >= 0.6 is 35.7 Å². The molecule has 1 nitrogen and oxygen atoms in total. The molecule has 68 valence electrons. The molecule has 1 heterocycles. The summed E-state index contributed by atoms with van der Waals surface area (Å²) in [6, 6.07) is 5.55. The highest BCUT2D eigenvalue weighted by molar-refractivity contribution is 8.00. The summed E-state index contributed by atoms with van der Waals surface area (Å²) in [7, 11) is 0. The van der Waals surface area contributed by atoms with Crippen LogP contribution in [-0.4, -0.2) is 11.4 Å². The number of phenols is 1. The van der Waals surface area contributed by atoms with Crippen molar-refractivity contribution in [2.24, 2.45) is 0 Å². The lowest BCUT2D eigenvalue weighted by Crippen LogP contribution is -1.68. The van der Waals surface area contributed by atoms with Crippen molar-refractivity contribution in [3.05, 3.63) is 18.2 Å². The van der Waals surface area contributed by atoms with E-state index in [2.05, 4.69) is 18.7 Å². The monoisotopic (exact) mass is 228 g/mol. The zero-order valence-electron chi connectivity index (χ0n) is 6.94. The van der Waals surface area contributed by atoms with Gasteiger partial charge in [0.2, 0.25) is 0 Å². The van der Waals surface area contributed by atoms with Crippen LogP contribution in [0.2, 0.25) is 0 Å². The average molecular weight is 228 g/mol. The molecule has 0 aliphatic rings. The summed E-state index contributed by atoms with van der Waals surface area (Å²) in [5.41, 5.74) is 0. The third-order valence-electron chi connectivity index (χ3n) is 1.78. The number of aromatic hydroxyl groups is 1. The number of benzene rings is 1. The van der Waals surface area contributed by atoms with Crippen LogP contribution in [0, 0.1) is 0 Å². The van der Waals surface area contributed by atoms with E-state index in [0.717, 1.165) is 15.0 Å². The molecule has 0 amide bonds. The largest absolute Gasteiger partial charge is 0.508 e. The van der Waals surface area contributed by atoms with Crippen LogP contribution in [0.15, 0.2) is 27.3 Å². The fourth-order valence-electron chi connectivity index (χ4n) is 1.18. The van der Waals surface area contributed by atoms with Gasteiger partial charge in [-0.1, -0.05) is 0 Å². The van der Waals surface area contributed by atoms with Gasteiger partial charge in [-0.25, -0.2) is 0 Å². The van der Waals surface area contributed by atoms with E-state index in [1.807, 2.05) is 6.26 Å². The van der Waals surface area contributed by atoms with Crippen molar-refractivity contribution < 1.29 is 5.11 Å². The summed E-state index contributed by atoms with van der Waals surface area (Å²) in [5.74, 6) is 0.284. The van der Waals surface area contributed by atoms with Gasteiger partial charge in [0.25, 0.3) is 0 Å². The average Bonchev–Trinajstić information content (AvgIpc) is 2.47. The van der Waals surface area contributed by atoms with E-state index in [1.54, 1.807) is 35.2 Å². The molecule has 0 aliphatic carbocycles. The number of rotatable bonds is 1. The van der Waals surface area contributed by atoms with Gasteiger partial charge >= 0.3 is 0 Å². The van der Waals surface area contributed by atoms with Gasteiger partial charge in [-0.3, -0.25) is 0 Å². The Hall–Kier alpha value is -0.320. The Kier molecular flexibility index (Phi) is 2.45. The Morgan fingerprint density at radius 3 is 2.85 bits per heavy atom. The van der Waals surface area contributed by atoms with Gasteiger partial charge in [0.15, 0.2) is 0 Å².